The lowest BCUT2D eigenvalue weighted by Gasteiger charge is -2.33. The van der Waals surface area contributed by atoms with Crippen LogP contribution in [-0.2, 0) is 27.6 Å². The fraction of sp³-hybridized carbons (Fsp3) is 0.435. The molecular formula is C23H28N2O4S. The van der Waals surface area contributed by atoms with Gasteiger partial charge in [0.2, 0.25) is 10.0 Å². The Bertz CT molecular complexity index is 1040. The van der Waals surface area contributed by atoms with Crippen molar-refractivity contribution in [3.05, 3.63) is 64.7 Å². The van der Waals surface area contributed by atoms with E-state index in [0.717, 1.165) is 24.8 Å². The van der Waals surface area contributed by atoms with E-state index in [1.807, 2.05) is 20.0 Å². The Morgan fingerprint density at radius 2 is 1.80 bits per heavy atom. The van der Waals surface area contributed by atoms with Crippen molar-refractivity contribution >= 4 is 15.9 Å². The van der Waals surface area contributed by atoms with Gasteiger partial charge in [-0.2, -0.15) is 4.31 Å². The molecule has 4 rings (SSSR count). The first-order chi connectivity index (χ1) is 14.4. The molecule has 1 aliphatic heterocycles. The van der Waals surface area contributed by atoms with Gasteiger partial charge in [0.15, 0.2) is 0 Å². The van der Waals surface area contributed by atoms with Crippen molar-refractivity contribution in [2.24, 2.45) is 0 Å². The van der Waals surface area contributed by atoms with Gasteiger partial charge in [-0.1, -0.05) is 30.3 Å². The molecule has 0 radical (unpaired) electrons. The van der Waals surface area contributed by atoms with Crippen LogP contribution in [0.1, 0.15) is 33.5 Å². The minimum absolute atomic E-state index is 0.103. The average molecular weight is 429 g/mol. The summed E-state index contributed by atoms with van der Waals surface area (Å²) in [6.45, 7) is 3.30. The second-order valence-corrected chi connectivity index (χ2v) is 10.0. The molecule has 2 aromatic rings. The van der Waals surface area contributed by atoms with Gasteiger partial charge in [-0.15, -0.1) is 0 Å². The highest BCUT2D eigenvalue weighted by atomic mass is 32.2. The number of carbonyl (C=O) groups is 1. The third-order valence-electron chi connectivity index (χ3n) is 6.24. The zero-order chi connectivity index (χ0) is 21.3. The number of ether oxygens (including phenoxy) is 1. The molecule has 0 saturated carbocycles. The largest absolute Gasteiger partial charge is 0.379 e. The van der Waals surface area contributed by atoms with Crippen molar-refractivity contribution in [3.63, 3.8) is 0 Å². The third kappa shape index (κ3) is 4.02. The molecule has 1 saturated heterocycles. The molecule has 7 heteroatoms. The fourth-order valence-electron chi connectivity index (χ4n) is 4.29. The summed E-state index contributed by atoms with van der Waals surface area (Å²) in [5, 5.41) is 0. The van der Waals surface area contributed by atoms with Crippen LogP contribution in [0.3, 0.4) is 0 Å². The van der Waals surface area contributed by atoms with Gasteiger partial charge >= 0.3 is 0 Å². The summed E-state index contributed by atoms with van der Waals surface area (Å²) in [4.78, 5) is 15.3. The van der Waals surface area contributed by atoms with Crippen LogP contribution in [0.25, 0.3) is 0 Å². The number of morpholine rings is 1. The number of fused-ring (bicyclic) bond motifs is 1. The lowest BCUT2D eigenvalue weighted by Crippen LogP contribution is -2.41. The SMILES string of the molecule is Cc1ccc(S(=O)(=O)N2CCOCC2)cc1C(=O)N(C)C1CCc2ccccc2C1. The van der Waals surface area contributed by atoms with E-state index in [-0.39, 0.29) is 16.8 Å². The molecule has 1 unspecified atom stereocenters. The molecule has 30 heavy (non-hydrogen) atoms. The van der Waals surface area contributed by atoms with E-state index >= 15 is 0 Å². The molecule has 0 bridgehead atoms. The summed E-state index contributed by atoms with van der Waals surface area (Å²) in [6.07, 6.45) is 2.68. The standard InChI is InChI=1S/C23H28N2O4S/c1-17-7-10-21(30(27,28)25-11-13-29-14-12-25)16-22(17)23(26)24(2)20-9-8-18-5-3-4-6-19(18)15-20/h3-7,10,16,20H,8-9,11-15H2,1-2H3. The molecule has 6 nitrogen and oxygen atoms in total. The summed E-state index contributed by atoms with van der Waals surface area (Å²) >= 11 is 0. The molecule has 0 N–H and O–H groups in total. The van der Waals surface area contributed by atoms with Crippen LogP contribution in [0.4, 0.5) is 0 Å². The minimum atomic E-state index is -3.64. The first-order valence-electron chi connectivity index (χ1n) is 10.4. The summed E-state index contributed by atoms with van der Waals surface area (Å²) in [6, 6.07) is 13.3. The molecular weight excluding hydrogens is 400 g/mol. The van der Waals surface area contributed by atoms with E-state index in [4.69, 9.17) is 4.74 Å². The number of benzene rings is 2. The van der Waals surface area contributed by atoms with E-state index in [9.17, 15) is 13.2 Å². The Hall–Kier alpha value is -2.22. The monoisotopic (exact) mass is 428 g/mol. The molecule has 1 atom stereocenters. The smallest absolute Gasteiger partial charge is 0.254 e. The van der Waals surface area contributed by atoms with Crippen molar-refractivity contribution in [3.8, 4) is 0 Å². The molecule has 2 aromatic carbocycles. The van der Waals surface area contributed by atoms with E-state index in [1.54, 1.807) is 17.0 Å². The highest BCUT2D eigenvalue weighted by Gasteiger charge is 2.30. The maximum Gasteiger partial charge on any atom is 0.254 e. The summed E-state index contributed by atoms with van der Waals surface area (Å²) in [5.41, 5.74) is 3.87. The first-order valence-corrected chi connectivity index (χ1v) is 11.8. The van der Waals surface area contributed by atoms with Gasteiger partial charge in [0.25, 0.3) is 5.91 Å². The third-order valence-corrected chi connectivity index (χ3v) is 8.13. The predicted molar refractivity (Wildman–Crippen MR) is 115 cm³/mol. The first kappa shape index (κ1) is 21.0. The Balaban J connectivity index is 1.57. The number of amides is 1. The quantitative estimate of drug-likeness (QED) is 0.751. The van der Waals surface area contributed by atoms with Crippen molar-refractivity contribution < 1.29 is 17.9 Å². The molecule has 160 valence electrons. The lowest BCUT2D eigenvalue weighted by atomic mass is 9.87. The highest BCUT2D eigenvalue weighted by molar-refractivity contribution is 7.89. The topological polar surface area (TPSA) is 66.9 Å². The minimum Gasteiger partial charge on any atom is -0.379 e. The van der Waals surface area contributed by atoms with Crippen LogP contribution in [0.5, 0.6) is 0 Å². The Labute approximate surface area is 178 Å². The van der Waals surface area contributed by atoms with Crippen molar-refractivity contribution in [1.29, 1.82) is 0 Å². The van der Waals surface area contributed by atoms with Crippen molar-refractivity contribution in [2.45, 2.75) is 37.1 Å². The van der Waals surface area contributed by atoms with Gasteiger partial charge in [0.1, 0.15) is 0 Å². The van der Waals surface area contributed by atoms with Gasteiger partial charge in [-0.05, 0) is 55.0 Å². The number of rotatable bonds is 4. The molecule has 1 heterocycles. The van der Waals surface area contributed by atoms with Crippen LogP contribution in [-0.4, -0.2) is 62.9 Å². The van der Waals surface area contributed by atoms with Crippen molar-refractivity contribution in [2.75, 3.05) is 33.4 Å². The van der Waals surface area contributed by atoms with E-state index in [0.29, 0.717) is 31.9 Å². The van der Waals surface area contributed by atoms with Crippen LogP contribution in [0, 0.1) is 6.92 Å². The average Bonchev–Trinajstić information content (AvgIpc) is 2.78. The van der Waals surface area contributed by atoms with Crippen LogP contribution in [0.2, 0.25) is 0 Å². The number of aryl methyl sites for hydroxylation is 2. The Kier molecular flexibility index (Phi) is 5.95. The zero-order valence-electron chi connectivity index (χ0n) is 17.5. The number of carbonyl (C=O) groups excluding carboxylic acids is 1. The lowest BCUT2D eigenvalue weighted by molar-refractivity contribution is 0.0716. The van der Waals surface area contributed by atoms with Gasteiger partial charge in [0.05, 0.1) is 18.1 Å². The maximum atomic E-state index is 13.3. The Morgan fingerprint density at radius 3 is 2.53 bits per heavy atom. The summed E-state index contributed by atoms with van der Waals surface area (Å²) in [7, 11) is -1.82. The van der Waals surface area contributed by atoms with Gasteiger partial charge in [-0.25, -0.2) is 8.42 Å². The molecule has 0 spiro atoms. The van der Waals surface area contributed by atoms with Gasteiger partial charge in [-0.3, -0.25) is 4.79 Å². The van der Waals surface area contributed by atoms with Crippen LogP contribution in [0.15, 0.2) is 47.4 Å². The van der Waals surface area contributed by atoms with E-state index in [1.165, 1.54) is 21.5 Å². The molecule has 0 aromatic heterocycles. The van der Waals surface area contributed by atoms with E-state index < -0.39 is 10.0 Å². The number of likely N-dealkylation sites (N-methyl/N-ethyl adjacent to an activating group) is 1. The molecule has 1 aliphatic carbocycles. The second kappa shape index (κ2) is 8.49. The van der Waals surface area contributed by atoms with Gasteiger partial charge in [0, 0.05) is 31.7 Å². The van der Waals surface area contributed by atoms with Crippen molar-refractivity contribution in [1.82, 2.24) is 9.21 Å². The second-order valence-electron chi connectivity index (χ2n) is 8.07. The number of nitrogens with zero attached hydrogens (tertiary/aromatic N) is 2. The highest BCUT2D eigenvalue weighted by Crippen LogP contribution is 2.26. The number of hydrogen-bond donors (Lipinski definition) is 0. The molecule has 1 fully saturated rings. The van der Waals surface area contributed by atoms with Crippen LogP contribution < -0.4 is 0 Å². The zero-order valence-corrected chi connectivity index (χ0v) is 18.3. The number of hydrogen-bond acceptors (Lipinski definition) is 4. The maximum absolute atomic E-state index is 13.3. The normalized spacial score (nSPS) is 19.9. The van der Waals surface area contributed by atoms with Gasteiger partial charge < -0.3 is 9.64 Å². The number of sulfonamides is 1. The fourth-order valence-corrected chi connectivity index (χ4v) is 5.73. The van der Waals surface area contributed by atoms with Crippen LogP contribution >= 0.6 is 0 Å². The molecule has 2 aliphatic rings. The van der Waals surface area contributed by atoms with E-state index in [2.05, 4.69) is 18.2 Å². The predicted octanol–water partition coefficient (Wildman–Crippen LogP) is 2.65. The molecule has 1 amide bonds. The summed E-state index contributed by atoms with van der Waals surface area (Å²) in [5.74, 6) is -0.129. The Morgan fingerprint density at radius 1 is 1.10 bits per heavy atom. The summed E-state index contributed by atoms with van der Waals surface area (Å²) < 4.78 is 32.8.